The van der Waals surface area contributed by atoms with Crippen molar-refractivity contribution < 1.29 is 49.0 Å². The molecule has 0 bridgehead atoms. The molecular formula is C53H43Cl2Zr-. The molecular weight excluding hydrogens is 799 g/mol. The Morgan fingerprint density at radius 3 is 1.54 bits per heavy atom. The maximum absolute atomic E-state index is 2.49. The SMILES string of the molecule is CCc1cc(-c2ccccc2)c2c(c1)[cH-]c1c(C3=CC=CC3)c(CC)c(-c3ccccc3)c(-c3ccccc3)c12.[Cl-].[Cl-].[Zr+2]=[C](c1ccccc1)c1ccccc1. The summed E-state index contributed by atoms with van der Waals surface area (Å²) in [4.78, 5) is 0. The molecule has 0 unspecified atom stereocenters. The third kappa shape index (κ3) is 8.19. The molecule has 8 aromatic rings. The summed E-state index contributed by atoms with van der Waals surface area (Å²) in [5.41, 5.74) is 16.2. The van der Waals surface area contributed by atoms with Gasteiger partial charge in [0.2, 0.25) is 0 Å². The Bertz CT molecular complexity index is 2580. The first-order valence-corrected chi connectivity index (χ1v) is 20.4. The molecule has 274 valence electrons. The predicted molar refractivity (Wildman–Crippen MR) is 230 cm³/mol. The van der Waals surface area contributed by atoms with Crippen molar-refractivity contribution in [2.24, 2.45) is 0 Å². The summed E-state index contributed by atoms with van der Waals surface area (Å²) in [5.74, 6) is 0. The quantitative estimate of drug-likeness (QED) is 0.136. The Labute approximate surface area is 359 Å². The number of benzene rings is 7. The van der Waals surface area contributed by atoms with Gasteiger partial charge in [-0.15, -0.1) is 28.3 Å². The summed E-state index contributed by atoms with van der Waals surface area (Å²) in [6.07, 6.45) is 9.81. The average Bonchev–Trinajstić information content (AvgIpc) is 3.93. The van der Waals surface area contributed by atoms with Crippen molar-refractivity contribution in [2.45, 2.75) is 33.1 Å². The third-order valence-electron chi connectivity index (χ3n) is 10.6. The Morgan fingerprint density at radius 2 is 1.05 bits per heavy atom. The van der Waals surface area contributed by atoms with Gasteiger partial charge in [0.25, 0.3) is 0 Å². The van der Waals surface area contributed by atoms with Crippen LogP contribution in [0.15, 0.2) is 188 Å². The van der Waals surface area contributed by atoms with Crippen molar-refractivity contribution in [1.82, 2.24) is 0 Å². The van der Waals surface area contributed by atoms with E-state index < -0.39 is 0 Å². The van der Waals surface area contributed by atoms with Crippen molar-refractivity contribution in [3.63, 3.8) is 0 Å². The summed E-state index contributed by atoms with van der Waals surface area (Å²) in [6, 6.07) is 61.5. The molecule has 0 radical (unpaired) electrons. The Balaban J connectivity index is 0.000000282. The van der Waals surface area contributed by atoms with Crippen molar-refractivity contribution in [3.05, 3.63) is 216 Å². The van der Waals surface area contributed by atoms with E-state index in [0.29, 0.717) is 0 Å². The van der Waals surface area contributed by atoms with Crippen LogP contribution in [0.2, 0.25) is 0 Å². The second-order valence-electron chi connectivity index (χ2n) is 13.9. The monoisotopic (exact) mass is 839 g/mol. The van der Waals surface area contributed by atoms with E-state index in [2.05, 4.69) is 202 Å². The van der Waals surface area contributed by atoms with Crippen LogP contribution in [-0.2, 0) is 37.1 Å². The minimum absolute atomic E-state index is 0. The molecule has 0 heterocycles. The number of rotatable bonds is 8. The van der Waals surface area contributed by atoms with Gasteiger partial charge in [-0.25, -0.2) is 0 Å². The van der Waals surface area contributed by atoms with Gasteiger partial charge in [0, 0.05) is 0 Å². The fraction of sp³-hybridized carbons (Fsp3) is 0.0943. The summed E-state index contributed by atoms with van der Waals surface area (Å²) in [5, 5.41) is 5.46. The Kier molecular flexibility index (Phi) is 13.8. The van der Waals surface area contributed by atoms with Crippen LogP contribution in [0.1, 0.15) is 48.1 Å². The van der Waals surface area contributed by atoms with E-state index in [1.807, 2.05) is 0 Å². The van der Waals surface area contributed by atoms with Crippen LogP contribution < -0.4 is 24.8 Å². The van der Waals surface area contributed by atoms with Crippen LogP contribution in [0.25, 0.3) is 60.5 Å². The molecule has 1 aliphatic rings. The van der Waals surface area contributed by atoms with Crippen LogP contribution in [0.3, 0.4) is 0 Å². The molecule has 0 saturated heterocycles. The first-order chi connectivity index (χ1) is 26.7. The standard InChI is InChI=1S/C40H33.C13H10.2ClH.Zr/c1-3-27-24-32-26-35-36(29-22-14-15-23-29)33(4-2)37(30-18-10-6-11-19-30)39(31-20-12-7-13-21-31)40(35)38(32)34(25-27)28-16-8-5-9-17-28;1-3-7-12(8-4-1)11-13-9-5-2-6-10-13;;;/h5-22,24-26H,3-4,23H2,1-2H3;1-10H;2*1H;/q-1;;;;+2/p-2. The normalized spacial score (nSPS) is 11.7. The fourth-order valence-corrected chi connectivity index (χ4v) is 8.92. The summed E-state index contributed by atoms with van der Waals surface area (Å²) < 4.78 is 1.42. The molecule has 0 fully saturated rings. The third-order valence-corrected chi connectivity index (χ3v) is 12.0. The van der Waals surface area contributed by atoms with E-state index in [1.54, 1.807) is 0 Å². The van der Waals surface area contributed by atoms with Gasteiger partial charge in [0.1, 0.15) is 0 Å². The molecule has 0 N–H and O–H groups in total. The number of fused-ring (bicyclic) bond motifs is 3. The topological polar surface area (TPSA) is 0 Å². The molecule has 0 aliphatic heterocycles. The van der Waals surface area contributed by atoms with Crippen LogP contribution in [0.5, 0.6) is 0 Å². The molecule has 56 heavy (non-hydrogen) atoms. The molecule has 9 rings (SSSR count). The number of allylic oxidation sites excluding steroid dienone is 4. The molecule has 0 saturated carbocycles. The van der Waals surface area contributed by atoms with Gasteiger partial charge >= 0.3 is 99.2 Å². The first-order valence-electron chi connectivity index (χ1n) is 19.1. The number of halogens is 2. The second kappa shape index (κ2) is 18.9. The van der Waals surface area contributed by atoms with Crippen LogP contribution in [0, 0.1) is 0 Å². The number of hydrogen-bond acceptors (Lipinski definition) is 0. The van der Waals surface area contributed by atoms with E-state index in [9.17, 15) is 0 Å². The molecule has 8 aromatic carbocycles. The van der Waals surface area contributed by atoms with Crippen LogP contribution in [-0.4, -0.2) is 3.21 Å². The summed E-state index contributed by atoms with van der Waals surface area (Å²) >= 11 is 1.46. The molecule has 0 spiro atoms. The van der Waals surface area contributed by atoms with Gasteiger partial charge in [0.05, 0.1) is 0 Å². The minimum atomic E-state index is 0. The van der Waals surface area contributed by atoms with E-state index in [-0.39, 0.29) is 24.8 Å². The van der Waals surface area contributed by atoms with E-state index in [1.165, 1.54) is 116 Å². The van der Waals surface area contributed by atoms with E-state index in [0.717, 1.165) is 19.3 Å². The van der Waals surface area contributed by atoms with Gasteiger partial charge in [-0.05, 0) is 47.1 Å². The predicted octanol–water partition coefficient (Wildman–Crippen LogP) is 7.99. The zero-order chi connectivity index (χ0) is 36.9. The summed E-state index contributed by atoms with van der Waals surface area (Å²) in [6.45, 7) is 4.58. The van der Waals surface area contributed by atoms with E-state index in [4.69, 9.17) is 0 Å². The Morgan fingerprint density at radius 1 is 0.554 bits per heavy atom. The molecule has 0 aromatic heterocycles. The van der Waals surface area contributed by atoms with Gasteiger partial charge < -0.3 is 24.8 Å². The summed E-state index contributed by atoms with van der Waals surface area (Å²) in [7, 11) is 0. The first kappa shape index (κ1) is 40.9. The molecule has 0 amide bonds. The number of hydrogen-bond donors (Lipinski definition) is 0. The van der Waals surface area contributed by atoms with Crippen molar-refractivity contribution in [3.8, 4) is 33.4 Å². The number of aryl methyl sites for hydroxylation is 1. The van der Waals surface area contributed by atoms with Gasteiger partial charge in [-0.3, -0.25) is 0 Å². The molecule has 3 heteroatoms. The van der Waals surface area contributed by atoms with Crippen LogP contribution in [0.4, 0.5) is 0 Å². The van der Waals surface area contributed by atoms with Crippen molar-refractivity contribution in [1.29, 1.82) is 0 Å². The maximum atomic E-state index is 2.49. The van der Waals surface area contributed by atoms with Crippen LogP contribution >= 0.6 is 0 Å². The zero-order valence-corrected chi connectivity index (χ0v) is 35.7. The van der Waals surface area contributed by atoms with Gasteiger partial charge in [-0.1, -0.05) is 162 Å². The van der Waals surface area contributed by atoms with Crippen molar-refractivity contribution >= 4 is 30.3 Å². The van der Waals surface area contributed by atoms with Crippen molar-refractivity contribution in [2.75, 3.05) is 0 Å². The molecule has 0 nitrogen and oxygen atoms in total. The van der Waals surface area contributed by atoms with E-state index >= 15 is 0 Å². The average molecular weight is 842 g/mol. The molecule has 1 aliphatic carbocycles. The van der Waals surface area contributed by atoms with Gasteiger partial charge in [-0.2, -0.15) is 0 Å². The van der Waals surface area contributed by atoms with Gasteiger partial charge in [0.15, 0.2) is 0 Å². The molecule has 0 atom stereocenters. The second-order valence-corrected chi connectivity index (χ2v) is 15.1. The zero-order valence-electron chi connectivity index (χ0n) is 31.8. The fourth-order valence-electron chi connectivity index (χ4n) is 8.10. The Hall–Kier alpha value is -4.78.